The van der Waals surface area contributed by atoms with Crippen LogP contribution < -0.4 is 5.32 Å². The standard InChI is InChI=1S/C27H23N3O3/c31-19-8-6-17(7-9-19)13-23-27(33)30-24-15-18-14-20(32)10-11-21(18)25(24)28-22(26(30)29-23)12-16-4-2-1-3-5-16/h1-11,14,23-24,29,31-32H,12-13,15H2. The summed E-state index contributed by atoms with van der Waals surface area (Å²) in [6.07, 6.45) is 1.76. The Morgan fingerprint density at radius 3 is 2.48 bits per heavy atom. The van der Waals surface area contributed by atoms with Crippen molar-refractivity contribution < 1.29 is 15.0 Å². The molecule has 33 heavy (non-hydrogen) atoms. The number of aromatic hydroxyl groups is 2. The van der Waals surface area contributed by atoms with E-state index in [-0.39, 0.29) is 23.4 Å². The molecule has 1 amide bonds. The van der Waals surface area contributed by atoms with Crippen LogP contribution in [-0.4, -0.2) is 38.8 Å². The van der Waals surface area contributed by atoms with Crippen molar-refractivity contribution in [3.8, 4) is 11.5 Å². The van der Waals surface area contributed by atoms with Crippen LogP contribution in [0.3, 0.4) is 0 Å². The third-order valence-corrected chi connectivity index (χ3v) is 6.61. The molecule has 6 heteroatoms. The number of nitrogens with zero attached hydrogens (tertiary/aromatic N) is 2. The van der Waals surface area contributed by atoms with Crippen molar-refractivity contribution in [3.05, 3.63) is 107 Å². The normalized spacial score (nSPS) is 20.8. The van der Waals surface area contributed by atoms with Gasteiger partial charge in [0.15, 0.2) is 0 Å². The van der Waals surface area contributed by atoms with Gasteiger partial charge in [-0.15, -0.1) is 0 Å². The number of amides is 1. The summed E-state index contributed by atoms with van der Waals surface area (Å²) in [7, 11) is 0. The van der Waals surface area contributed by atoms with Gasteiger partial charge < -0.3 is 15.5 Å². The molecule has 6 rings (SSSR count). The Morgan fingerprint density at radius 2 is 1.70 bits per heavy atom. The predicted molar refractivity (Wildman–Crippen MR) is 125 cm³/mol. The van der Waals surface area contributed by atoms with E-state index in [1.54, 1.807) is 24.3 Å². The van der Waals surface area contributed by atoms with Gasteiger partial charge in [-0.2, -0.15) is 0 Å². The third kappa shape index (κ3) is 3.35. The minimum atomic E-state index is -0.401. The van der Waals surface area contributed by atoms with Gasteiger partial charge in [-0.1, -0.05) is 42.5 Å². The summed E-state index contributed by atoms with van der Waals surface area (Å²) in [6, 6.07) is 21.9. The fourth-order valence-corrected chi connectivity index (χ4v) is 5.05. The maximum absolute atomic E-state index is 13.6. The lowest BCUT2D eigenvalue weighted by Gasteiger charge is -2.30. The van der Waals surface area contributed by atoms with E-state index >= 15 is 0 Å². The monoisotopic (exact) mass is 437 g/mol. The van der Waals surface area contributed by atoms with Gasteiger partial charge in [-0.25, -0.2) is 0 Å². The van der Waals surface area contributed by atoms with Crippen LogP contribution >= 0.6 is 0 Å². The van der Waals surface area contributed by atoms with Crippen molar-refractivity contribution in [2.45, 2.75) is 31.3 Å². The topological polar surface area (TPSA) is 85.2 Å². The Bertz CT molecular complexity index is 1310. The van der Waals surface area contributed by atoms with Crippen LogP contribution in [0, 0.1) is 0 Å². The fourth-order valence-electron chi connectivity index (χ4n) is 5.05. The Labute approximate surface area is 191 Å². The average molecular weight is 437 g/mol. The zero-order chi connectivity index (χ0) is 22.5. The van der Waals surface area contributed by atoms with Crippen molar-refractivity contribution in [2.75, 3.05) is 0 Å². The van der Waals surface area contributed by atoms with Crippen LogP contribution in [0.5, 0.6) is 11.5 Å². The van der Waals surface area contributed by atoms with E-state index in [0.717, 1.165) is 39.5 Å². The number of hydrogen-bond donors (Lipinski definition) is 3. The number of fused-ring (bicyclic) bond motifs is 5. The number of hydrogen-bond acceptors (Lipinski definition) is 5. The molecule has 3 aromatic carbocycles. The number of rotatable bonds is 4. The van der Waals surface area contributed by atoms with E-state index in [1.807, 2.05) is 41.3 Å². The molecule has 2 heterocycles. The number of phenolic OH excluding ortho intramolecular Hbond substituents is 2. The molecule has 3 aliphatic rings. The summed E-state index contributed by atoms with van der Waals surface area (Å²) in [4.78, 5) is 20.6. The van der Waals surface area contributed by atoms with Gasteiger partial charge in [-0.3, -0.25) is 14.7 Å². The second kappa shape index (κ2) is 7.52. The lowest BCUT2D eigenvalue weighted by Crippen LogP contribution is -2.44. The van der Waals surface area contributed by atoms with Crippen molar-refractivity contribution in [2.24, 2.45) is 4.99 Å². The Morgan fingerprint density at radius 1 is 0.939 bits per heavy atom. The highest BCUT2D eigenvalue weighted by molar-refractivity contribution is 6.12. The van der Waals surface area contributed by atoms with Crippen molar-refractivity contribution >= 4 is 11.6 Å². The first-order valence-electron chi connectivity index (χ1n) is 11.1. The molecule has 2 aliphatic heterocycles. The molecule has 1 aliphatic carbocycles. The molecule has 2 unspecified atom stereocenters. The highest BCUT2D eigenvalue weighted by Gasteiger charge is 2.47. The molecule has 0 bridgehead atoms. The zero-order valence-corrected chi connectivity index (χ0v) is 17.9. The lowest BCUT2D eigenvalue weighted by atomic mass is 10.0. The quantitative estimate of drug-likeness (QED) is 0.585. The predicted octanol–water partition coefficient (Wildman–Crippen LogP) is 3.28. The molecule has 3 N–H and O–H groups in total. The second-order valence-electron chi connectivity index (χ2n) is 8.79. The first-order chi connectivity index (χ1) is 16.1. The summed E-state index contributed by atoms with van der Waals surface area (Å²) in [5.41, 5.74) is 5.84. The van der Waals surface area contributed by atoms with E-state index in [1.165, 1.54) is 0 Å². The summed E-state index contributed by atoms with van der Waals surface area (Å²) < 4.78 is 0. The molecular formula is C27H23N3O3. The van der Waals surface area contributed by atoms with Gasteiger partial charge in [0.05, 0.1) is 17.5 Å². The maximum atomic E-state index is 13.6. The highest BCUT2D eigenvalue weighted by Crippen LogP contribution is 2.38. The molecule has 2 atom stereocenters. The van der Waals surface area contributed by atoms with Crippen molar-refractivity contribution in [3.63, 3.8) is 0 Å². The molecule has 0 radical (unpaired) electrons. The van der Waals surface area contributed by atoms with E-state index in [0.29, 0.717) is 19.3 Å². The lowest BCUT2D eigenvalue weighted by molar-refractivity contribution is -0.128. The molecule has 0 saturated carbocycles. The smallest absolute Gasteiger partial charge is 0.251 e. The molecule has 0 spiro atoms. The molecule has 1 saturated heterocycles. The van der Waals surface area contributed by atoms with Gasteiger partial charge in [0.25, 0.3) is 5.91 Å². The molecular weight excluding hydrogens is 414 g/mol. The Kier molecular flexibility index (Phi) is 4.47. The van der Waals surface area contributed by atoms with E-state index < -0.39 is 6.04 Å². The second-order valence-corrected chi connectivity index (χ2v) is 8.79. The van der Waals surface area contributed by atoms with Gasteiger partial charge in [0.1, 0.15) is 23.4 Å². The number of phenols is 2. The highest BCUT2D eigenvalue weighted by atomic mass is 16.3. The summed E-state index contributed by atoms with van der Waals surface area (Å²) in [6.45, 7) is 0. The Balaban J connectivity index is 1.40. The van der Waals surface area contributed by atoms with Gasteiger partial charge >= 0.3 is 0 Å². The zero-order valence-electron chi connectivity index (χ0n) is 17.9. The number of carbonyl (C=O) groups is 1. The first-order valence-corrected chi connectivity index (χ1v) is 11.1. The van der Waals surface area contributed by atoms with Gasteiger partial charge in [0.2, 0.25) is 0 Å². The van der Waals surface area contributed by atoms with Crippen molar-refractivity contribution in [1.29, 1.82) is 0 Å². The van der Waals surface area contributed by atoms with Gasteiger partial charge in [-0.05, 0) is 53.4 Å². The molecule has 1 fully saturated rings. The number of allylic oxidation sites excluding steroid dienone is 1. The summed E-state index contributed by atoms with van der Waals surface area (Å²) in [5, 5.41) is 23.0. The molecule has 6 nitrogen and oxygen atoms in total. The number of carbonyl (C=O) groups excluding carboxylic acids is 1. The van der Waals surface area contributed by atoms with E-state index in [4.69, 9.17) is 4.99 Å². The average Bonchev–Trinajstić information content (AvgIpc) is 3.33. The van der Waals surface area contributed by atoms with Crippen LogP contribution in [-0.2, 0) is 24.1 Å². The van der Waals surface area contributed by atoms with Gasteiger partial charge in [0, 0.05) is 18.4 Å². The molecule has 0 aromatic heterocycles. The molecule has 3 aromatic rings. The number of benzene rings is 3. The van der Waals surface area contributed by atoms with Crippen LogP contribution in [0.15, 0.2) is 89.3 Å². The van der Waals surface area contributed by atoms with E-state index in [2.05, 4.69) is 17.4 Å². The minimum absolute atomic E-state index is 0.0260. The number of aliphatic imine (C=N–C) groups is 1. The fraction of sp³-hybridized carbons (Fsp3) is 0.185. The SMILES string of the molecule is O=C1C(Cc2ccc(O)cc2)NC2=C(Cc3ccccc3)N=C3c4ccc(O)cc4CC3N12. The maximum Gasteiger partial charge on any atom is 0.251 e. The largest absolute Gasteiger partial charge is 0.508 e. The third-order valence-electron chi connectivity index (χ3n) is 6.61. The van der Waals surface area contributed by atoms with Crippen molar-refractivity contribution in [1.82, 2.24) is 10.2 Å². The molecule has 164 valence electrons. The summed E-state index contributed by atoms with van der Waals surface area (Å²) >= 11 is 0. The van der Waals surface area contributed by atoms with Crippen LogP contribution in [0.1, 0.15) is 22.3 Å². The van der Waals surface area contributed by atoms with Crippen LogP contribution in [0.25, 0.3) is 0 Å². The van der Waals surface area contributed by atoms with E-state index in [9.17, 15) is 15.0 Å². The minimum Gasteiger partial charge on any atom is -0.508 e. The Hall–Kier alpha value is -4.06. The summed E-state index contributed by atoms with van der Waals surface area (Å²) in [5.74, 6) is 1.23. The number of nitrogens with one attached hydrogen (secondary N) is 1. The van der Waals surface area contributed by atoms with Crippen LogP contribution in [0.4, 0.5) is 0 Å². The first kappa shape index (κ1) is 19.6. The van der Waals surface area contributed by atoms with Crippen LogP contribution in [0.2, 0.25) is 0 Å².